The highest BCUT2D eigenvalue weighted by Crippen LogP contribution is 2.41. The van der Waals surface area contributed by atoms with E-state index in [9.17, 15) is 4.79 Å². The average molecular weight is 283 g/mol. The fourth-order valence-electron chi connectivity index (χ4n) is 2.76. The Labute approximate surface area is 122 Å². The van der Waals surface area contributed by atoms with Gasteiger partial charge in [-0.15, -0.1) is 0 Å². The van der Waals surface area contributed by atoms with Gasteiger partial charge in [-0.05, 0) is 36.5 Å². The number of ether oxygens (including phenoxy) is 1. The van der Waals surface area contributed by atoms with E-state index >= 15 is 0 Å². The Hall–Kier alpha value is -2.32. The van der Waals surface area contributed by atoms with Crippen molar-refractivity contribution in [2.24, 2.45) is 11.8 Å². The van der Waals surface area contributed by atoms with Crippen LogP contribution >= 0.6 is 0 Å². The molecule has 3 rings (SSSR count). The molecule has 5 heteroatoms. The van der Waals surface area contributed by atoms with E-state index in [1.807, 2.05) is 12.1 Å². The lowest BCUT2D eigenvalue weighted by Crippen LogP contribution is -2.27. The summed E-state index contributed by atoms with van der Waals surface area (Å²) in [7, 11) is 1.56. The van der Waals surface area contributed by atoms with Crippen molar-refractivity contribution in [2.45, 2.75) is 12.8 Å². The van der Waals surface area contributed by atoms with Gasteiger partial charge in [0, 0.05) is 30.1 Å². The highest BCUT2D eigenvalue weighted by Gasteiger charge is 2.42. The van der Waals surface area contributed by atoms with Crippen LogP contribution in [0.25, 0.3) is 10.9 Å². The summed E-state index contributed by atoms with van der Waals surface area (Å²) in [6.07, 6.45) is 3.52. The molecule has 21 heavy (non-hydrogen) atoms. The molecule has 0 saturated heterocycles. The monoisotopic (exact) mass is 283 g/mol. The molecule has 1 saturated carbocycles. The minimum Gasteiger partial charge on any atom is -0.364 e. The van der Waals surface area contributed by atoms with Gasteiger partial charge in [0.1, 0.15) is 12.8 Å². The molecule has 1 aromatic heterocycles. The van der Waals surface area contributed by atoms with E-state index in [0.717, 1.165) is 23.7 Å². The van der Waals surface area contributed by atoms with Crippen LogP contribution in [0.3, 0.4) is 0 Å². The third-order valence-electron chi connectivity index (χ3n) is 4.01. The molecular weight excluding hydrogens is 266 g/mol. The summed E-state index contributed by atoms with van der Waals surface area (Å²) in [6.45, 7) is 0.267. The first-order chi connectivity index (χ1) is 10.2. The fourth-order valence-corrected chi connectivity index (χ4v) is 2.76. The normalized spacial score (nSPS) is 20.2. The van der Waals surface area contributed by atoms with Crippen LogP contribution in [0.1, 0.15) is 17.5 Å². The minimum atomic E-state index is 0.0716. The molecule has 1 amide bonds. The third kappa shape index (κ3) is 2.76. The van der Waals surface area contributed by atoms with Crippen molar-refractivity contribution in [3.63, 3.8) is 0 Å². The Bertz CT molecular complexity index is 714. The van der Waals surface area contributed by atoms with Crippen LogP contribution in [0.15, 0.2) is 24.4 Å². The highest BCUT2D eigenvalue weighted by atomic mass is 16.5. The number of nitriles is 1. The van der Waals surface area contributed by atoms with Gasteiger partial charge in [0.05, 0.1) is 5.56 Å². The number of hydrogen-bond donors (Lipinski definition) is 2. The Morgan fingerprint density at radius 1 is 1.57 bits per heavy atom. The van der Waals surface area contributed by atoms with Crippen molar-refractivity contribution < 1.29 is 9.53 Å². The molecule has 2 N–H and O–H groups in total. The van der Waals surface area contributed by atoms with Gasteiger partial charge < -0.3 is 15.0 Å². The summed E-state index contributed by atoms with van der Waals surface area (Å²) in [5.74, 6) is 0.559. The quantitative estimate of drug-likeness (QED) is 0.823. The van der Waals surface area contributed by atoms with Gasteiger partial charge in [-0.25, -0.2) is 0 Å². The second-order valence-electron chi connectivity index (χ2n) is 5.47. The number of amides is 1. The number of nitrogens with one attached hydrogen (secondary N) is 2. The molecule has 0 bridgehead atoms. The largest absolute Gasteiger partial charge is 0.364 e. The molecule has 0 aliphatic heterocycles. The lowest BCUT2D eigenvalue weighted by atomic mass is 10.0. The van der Waals surface area contributed by atoms with Crippen LogP contribution < -0.4 is 5.32 Å². The van der Waals surface area contributed by atoms with Crippen LogP contribution in [0.4, 0.5) is 0 Å². The highest BCUT2D eigenvalue weighted by molar-refractivity contribution is 5.86. The maximum Gasteiger partial charge on any atom is 0.225 e. The number of fused-ring (bicyclic) bond motifs is 1. The second kappa shape index (κ2) is 5.58. The predicted octanol–water partition coefficient (Wildman–Crippen LogP) is 1.94. The van der Waals surface area contributed by atoms with E-state index in [-0.39, 0.29) is 18.6 Å². The van der Waals surface area contributed by atoms with Crippen molar-refractivity contribution >= 4 is 16.8 Å². The number of carbonyl (C=O) groups is 1. The Morgan fingerprint density at radius 3 is 3.19 bits per heavy atom. The van der Waals surface area contributed by atoms with Crippen molar-refractivity contribution in [1.82, 2.24) is 10.3 Å². The minimum absolute atomic E-state index is 0.0716. The second-order valence-corrected chi connectivity index (χ2v) is 5.47. The fraction of sp³-hybridized carbons (Fsp3) is 0.375. The molecule has 1 aromatic carbocycles. The van der Waals surface area contributed by atoms with Gasteiger partial charge in [0.2, 0.25) is 5.91 Å². The first-order valence-corrected chi connectivity index (χ1v) is 6.99. The summed E-state index contributed by atoms with van der Waals surface area (Å²) >= 11 is 0. The zero-order valence-electron chi connectivity index (χ0n) is 11.8. The number of carbonyl (C=O) groups excluding carboxylic acids is 1. The molecule has 108 valence electrons. The van der Waals surface area contributed by atoms with E-state index < -0.39 is 0 Å². The summed E-state index contributed by atoms with van der Waals surface area (Å²) < 4.78 is 4.84. The molecule has 2 atom stereocenters. The van der Waals surface area contributed by atoms with E-state index in [4.69, 9.17) is 10.00 Å². The van der Waals surface area contributed by atoms with Crippen molar-refractivity contribution in [1.29, 1.82) is 5.26 Å². The molecule has 2 unspecified atom stereocenters. The number of aromatic nitrogens is 1. The first-order valence-electron chi connectivity index (χ1n) is 6.99. The zero-order valence-corrected chi connectivity index (χ0v) is 11.8. The van der Waals surface area contributed by atoms with Gasteiger partial charge in [-0.3, -0.25) is 4.79 Å². The molecule has 1 aliphatic rings. The van der Waals surface area contributed by atoms with Crippen LogP contribution in [0, 0.1) is 23.2 Å². The number of nitrogens with zero attached hydrogens (tertiary/aromatic N) is 1. The Kier molecular flexibility index (Phi) is 3.63. The number of H-pyrrole nitrogens is 1. The van der Waals surface area contributed by atoms with Crippen molar-refractivity contribution in [3.05, 3.63) is 35.5 Å². The number of benzene rings is 1. The maximum atomic E-state index is 11.8. The predicted molar refractivity (Wildman–Crippen MR) is 78.3 cm³/mol. The van der Waals surface area contributed by atoms with Gasteiger partial charge in [0.15, 0.2) is 0 Å². The average Bonchev–Trinajstić information content (AvgIpc) is 3.14. The van der Waals surface area contributed by atoms with Crippen LogP contribution in [0.2, 0.25) is 0 Å². The number of rotatable bonds is 5. The SMILES string of the molecule is COCNC(=O)C1CC1Cc1ccc2[nH]cc(C#N)c2c1. The zero-order chi connectivity index (χ0) is 14.8. The first kappa shape index (κ1) is 13.7. The van der Waals surface area contributed by atoms with Gasteiger partial charge in [-0.2, -0.15) is 5.26 Å². The van der Waals surface area contributed by atoms with Crippen molar-refractivity contribution in [2.75, 3.05) is 13.8 Å². The lowest BCUT2D eigenvalue weighted by molar-refractivity contribution is -0.124. The molecule has 2 aromatic rings. The topological polar surface area (TPSA) is 77.9 Å². The molecule has 0 spiro atoms. The number of hydrogen-bond acceptors (Lipinski definition) is 3. The Morgan fingerprint density at radius 2 is 2.43 bits per heavy atom. The molecule has 1 aliphatic carbocycles. The van der Waals surface area contributed by atoms with Gasteiger partial charge >= 0.3 is 0 Å². The molecule has 0 radical (unpaired) electrons. The van der Waals surface area contributed by atoms with E-state index in [2.05, 4.69) is 22.4 Å². The molecule has 1 fully saturated rings. The molecular formula is C16H17N3O2. The van der Waals surface area contributed by atoms with E-state index in [1.165, 1.54) is 5.56 Å². The van der Waals surface area contributed by atoms with Crippen LogP contribution in [0.5, 0.6) is 0 Å². The Balaban J connectivity index is 1.67. The van der Waals surface area contributed by atoms with Crippen LogP contribution in [-0.2, 0) is 16.0 Å². The smallest absolute Gasteiger partial charge is 0.225 e. The molecule has 5 nitrogen and oxygen atoms in total. The van der Waals surface area contributed by atoms with Gasteiger partial charge in [-0.1, -0.05) is 6.07 Å². The maximum absolute atomic E-state index is 11.8. The summed E-state index contributed by atoms with van der Waals surface area (Å²) in [5.41, 5.74) is 2.81. The van der Waals surface area contributed by atoms with Crippen molar-refractivity contribution in [3.8, 4) is 6.07 Å². The van der Waals surface area contributed by atoms with E-state index in [1.54, 1.807) is 13.3 Å². The number of methoxy groups -OCH3 is 1. The summed E-state index contributed by atoms with van der Waals surface area (Å²) in [6, 6.07) is 8.29. The summed E-state index contributed by atoms with van der Waals surface area (Å²) in [4.78, 5) is 14.9. The van der Waals surface area contributed by atoms with E-state index in [0.29, 0.717) is 11.5 Å². The summed E-state index contributed by atoms with van der Waals surface area (Å²) in [5, 5.41) is 12.8. The third-order valence-corrected chi connectivity index (χ3v) is 4.01. The van der Waals surface area contributed by atoms with Gasteiger partial charge in [0.25, 0.3) is 0 Å². The van der Waals surface area contributed by atoms with Crippen LogP contribution in [-0.4, -0.2) is 24.7 Å². The lowest BCUT2D eigenvalue weighted by Gasteiger charge is -2.04. The molecule has 1 heterocycles. The standard InChI is InChI=1S/C16H17N3O2/c1-21-9-19-16(20)14-6-11(14)4-10-2-3-15-13(5-10)12(7-17)8-18-15/h2-3,5,8,11,14,18H,4,6,9H2,1H3,(H,19,20). The number of aromatic amines is 1.